The van der Waals surface area contributed by atoms with Crippen molar-refractivity contribution in [1.82, 2.24) is 5.32 Å². The van der Waals surface area contributed by atoms with Crippen molar-refractivity contribution in [3.05, 3.63) is 71.9 Å². The van der Waals surface area contributed by atoms with E-state index in [-0.39, 0.29) is 11.9 Å². The Hall–Kier alpha value is -2.13. The van der Waals surface area contributed by atoms with Crippen LogP contribution >= 0.6 is 0 Å². The molecule has 1 atom stereocenters. The summed E-state index contributed by atoms with van der Waals surface area (Å²) in [5.74, 6) is -0.178. The Morgan fingerprint density at radius 3 is 2.60 bits per heavy atom. The number of hydrogen-bond donors (Lipinski definition) is 1. The van der Waals surface area contributed by atoms with Crippen LogP contribution in [0.4, 0.5) is 4.39 Å². The van der Waals surface area contributed by atoms with Crippen LogP contribution in [0.2, 0.25) is 0 Å². The summed E-state index contributed by atoms with van der Waals surface area (Å²) in [6.07, 6.45) is 4.23. The van der Waals surface area contributed by atoms with Gasteiger partial charge < -0.3 is 9.73 Å². The topological polar surface area (TPSA) is 25.2 Å². The summed E-state index contributed by atoms with van der Waals surface area (Å²) in [6.45, 7) is 0. The Kier molecular flexibility index (Phi) is 3.52. The van der Waals surface area contributed by atoms with Crippen LogP contribution < -0.4 is 5.32 Å². The molecule has 102 valence electrons. The molecule has 0 aliphatic carbocycles. The van der Waals surface area contributed by atoms with Crippen LogP contribution in [-0.4, -0.2) is 7.05 Å². The van der Waals surface area contributed by atoms with Crippen LogP contribution in [0, 0.1) is 5.82 Å². The first kappa shape index (κ1) is 12.9. The van der Waals surface area contributed by atoms with Crippen LogP contribution in [0.15, 0.2) is 59.4 Å². The first-order valence-electron chi connectivity index (χ1n) is 6.65. The van der Waals surface area contributed by atoms with Crippen molar-refractivity contribution in [3.8, 4) is 0 Å². The van der Waals surface area contributed by atoms with Gasteiger partial charge in [-0.05, 0) is 42.1 Å². The Labute approximate surface area is 117 Å². The van der Waals surface area contributed by atoms with E-state index in [9.17, 15) is 4.39 Å². The maximum absolute atomic E-state index is 13.9. The molecule has 0 aliphatic rings. The summed E-state index contributed by atoms with van der Waals surface area (Å²) in [5.41, 5.74) is 2.23. The molecule has 2 aromatic carbocycles. The lowest BCUT2D eigenvalue weighted by Crippen LogP contribution is -2.19. The first-order chi connectivity index (χ1) is 9.79. The molecule has 1 aromatic heterocycles. The van der Waals surface area contributed by atoms with Crippen LogP contribution in [0.1, 0.15) is 17.2 Å². The van der Waals surface area contributed by atoms with E-state index >= 15 is 0 Å². The predicted octanol–water partition coefficient (Wildman–Crippen LogP) is 4.08. The van der Waals surface area contributed by atoms with Crippen LogP contribution in [0.25, 0.3) is 10.8 Å². The molecular formula is C17H16FNO. The number of rotatable bonds is 4. The average molecular weight is 269 g/mol. The normalized spacial score (nSPS) is 12.7. The number of likely N-dealkylation sites (N-methyl/N-ethyl adjacent to an activating group) is 1. The highest BCUT2D eigenvalue weighted by molar-refractivity contribution is 5.86. The smallest absolute Gasteiger partial charge is 0.131 e. The van der Waals surface area contributed by atoms with Crippen molar-refractivity contribution in [2.45, 2.75) is 12.5 Å². The highest BCUT2D eigenvalue weighted by Crippen LogP contribution is 2.28. The molecule has 3 aromatic rings. The maximum atomic E-state index is 13.9. The Morgan fingerprint density at radius 1 is 1.10 bits per heavy atom. The quantitative estimate of drug-likeness (QED) is 0.772. The van der Waals surface area contributed by atoms with Gasteiger partial charge in [-0.15, -0.1) is 0 Å². The summed E-state index contributed by atoms with van der Waals surface area (Å²) in [5, 5.41) is 4.92. The van der Waals surface area contributed by atoms with Gasteiger partial charge in [0.2, 0.25) is 0 Å². The van der Waals surface area contributed by atoms with Crippen LogP contribution in [0.5, 0.6) is 0 Å². The minimum absolute atomic E-state index is 0.123. The summed E-state index contributed by atoms with van der Waals surface area (Å²) in [4.78, 5) is 0. The number of hydrogen-bond acceptors (Lipinski definition) is 2. The molecule has 20 heavy (non-hydrogen) atoms. The Bertz CT molecular complexity index is 706. The number of benzene rings is 2. The third kappa shape index (κ3) is 2.32. The number of fused-ring (bicyclic) bond motifs is 1. The molecule has 1 N–H and O–H groups in total. The first-order valence-corrected chi connectivity index (χ1v) is 6.65. The molecule has 0 amide bonds. The summed E-state index contributed by atoms with van der Waals surface area (Å²) < 4.78 is 19.0. The molecule has 0 saturated heterocycles. The highest BCUT2D eigenvalue weighted by Gasteiger charge is 2.15. The SMILES string of the molecule is CNC(Cc1ccoc1)c1ccc(F)c2ccccc12. The fourth-order valence-electron chi connectivity index (χ4n) is 2.60. The molecule has 3 rings (SSSR count). The maximum Gasteiger partial charge on any atom is 0.131 e. The van der Waals surface area contributed by atoms with Crippen LogP contribution in [0.3, 0.4) is 0 Å². The second-order valence-corrected chi connectivity index (χ2v) is 4.86. The molecule has 0 spiro atoms. The molecule has 0 saturated carbocycles. The average Bonchev–Trinajstić information content (AvgIpc) is 2.99. The van der Waals surface area contributed by atoms with Gasteiger partial charge >= 0.3 is 0 Å². The van der Waals surface area contributed by atoms with E-state index in [1.807, 2.05) is 43.4 Å². The van der Waals surface area contributed by atoms with Crippen molar-refractivity contribution < 1.29 is 8.81 Å². The molecule has 2 nitrogen and oxygen atoms in total. The minimum Gasteiger partial charge on any atom is -0.472 e. The van der Waals surface area contributed by atoms with Crippen molar-refractivity contribution in [1.29, 1.82) is 0 Å². The van der Waals surface area contributed by atoms with E-state index in [1.54, 1.807) is 12.5 Å². The standard InChI is InChI=1S/C17H16FNO/c1-19-17(10-12-8-9-20-11-12)15-6-7-16(18)14-5-3-2-4-13(14)15/h2-9,11,17,19H,10H2,1H3. The largest absolute Gasteiger partial charge is 0.472 e. The second-order valence-electron chi connectivity index (χ2n) is 4.86. The van der Waals surface area contributed by atoms with E-state index in [4.69, 9.17) is 4.42 Å². The molecule has 0 aliphatic heterocycles. The zero-order chi connectivity index (χ0) is 13.9. The van der Waals surface area contributed by atoms with Crippen molar-refractivity contribution in [2.75, 3.05) is 7.05 Å². The van der Waals surface area contributed by atoms with Gasteiger partial charge in [0, 0.05) is 11.4 Å². The molecule has 0 fully saturated rings. The van der Waals surface area contributed by atoms with Gasteiger partial charge in [0.1, 0.15) is 5.82 Å². The van der Waals surface area contributed by atoms with Crippen molar-refractivity contribution in [2.24, 2.45) is 0 Å². The van der Waals surface area contributed by atoms with Crippen molar-refractivity contribution >= 4 is 10.8 Å². The van der Waals surface area contributed by atoms with E-state index in [2.05, 4.69) is 5.32 Å². The van der Waals surface area contributed by atoms with E-state index < -0.39 is 0 Å². The molecule has 1 unspecified atom stereocenters. The molecule has 3 heteroatoms. The highest BCUT2D eigenvalue weighted by atomic mass is 19.1. The lowest BCUT2D eigenvalue weighted by atomic mass is 9.95. The molecular weight excluding hydrogens is 253 g/mol. The molecule has 0 bridgehead atoms. The minimum atomic E-state index is -0.178. The van der Waals surface area contributed by atoms with Gasteiger partial charge in [-0.3, -0.25) is 0 Å². The fourth-order valence-corrected chi connectivity index (χ4v) is 2.60. The summed E-state index contributed by atoms with van der Waals surface area (Å²) in [6, 6.07) is 13.1. The van der Waals surface area contributed by atoms with Gasteiger partial charge in [-0.2, -0.15) is 0 Å². The Balaban J connectivity index is 2.05. The monoisotopic (exact) mass is 269 g/mol. The third-order valence-electron chi connectivity index (χ3n) is 3.65. The zero-order valence-electron chi connectivity index (χ0n) is 11.3. The van der Waals surface area contributed by atoms with Gasteiger partial charge in [0.05, 0.1) is 12.5 Å². The van der Waals surface area contributed by atoms with Gasteiger partial charge in [-0.1, -0.05) is 30.3 Å². The predicted molar refractivity (Wildman–Crippen MR) is 78.1 cm³/mol. The van der Waals surface area contributed by atoms with E-state index in [1.165, 1.54) is 6.07 Å². The van der Waals surface area contributed by atoms with Gasteiger partial charge in [-0.25, -0.2) is 4.39 Å². The Morgan fingerprint density at radius 2 is 1.90 bits per heavy atom. The molecule has 1 heterocycles. The second kappa shape index (κ2) is 5.47. The number of furan rings is 1. The van der Waals surface area contributed by atoms with E-state index in [0.29, 0.717) is 5.39 Å². The van der Waals surface area contributed by atoms with Gasteiger partial charge in [0.15, 0.2) is 0 Å². The lowest BCUT2D eigenvalue weighted by molar-refractivity contribution is 0.552. The third-order valence-corrected chi connectivity index (χ3v) is 3.65. The van der Waals surface area contributed by atoms with Crippen LogP contribution in [-0.2, 0) is 6.42 Å². The number of nitrogens with one attached hydrogen (secondary N) is 1. The lowest BCUT2D eigenvalue weighted by Gasteiger charge is -2.18. The number of halogens is 1. The van der Waals surface area contributed by atoms with Gasteiger partial charge in [0.25, 0.3) is 0 Å². The summed E-state index contributed by atoms with van der Waals surface area (Å²) >= 11 is 0. The fraction of sp³-hybridized carbons (Fsp3) is 0.176. The zero-order valence-corrected chi connectivity index (χ0v) is 11.3. The van der Waals surface area contributed by atoms with E-state index in [0.717, 1.165) is 22.9 Å². The van der Waals surface area contributed by atoms with Crippen molar-refractivity contribution in [3.63, 3.8) is 0 Å². The molecule has 0 radical (unpaired) electrons. The summed E-state index contributed by atoms with van der Waals surface area (Å²) in [7, 11) is 1.92.